The molecule has 3 rings (SSSR count). The summed E-state index contributed by atoms with van der Waals surface area (Å²) in [6, 6.07) is 13.5. The van der Waals surface area contributed by atoms with E-state index >= 15 is 0 Å². The van der Waals surface area contributed by atoms with Crippen LogP contribution in [0.2, 0.25) is 0 Å². The van der Waals surface area contributed by atoms with Gasteiger partial charge in [-0.2, -0.15) is 0 Å². The smallest absolute Gasteiger partial charge is 0.260 e. The highest BCUT2D eigenvalue weighted by Gasteiger charge is 2.25. The minimum atomic E-state index is -0.0441. The molecule has 5 heteroatoms. The maximum atomic E-state index is 12.6. The van der Waals surface area contributed by atoms with E-state index in [4.69, 9.17) is 4.74 Å². The molecule has 2 amide bonds. The molecule has 5 nitrogen and oxygen atoms in total. The van der Waals surface area contributed by atoms with Crippen LogP contribution in [0.4, 0.5) is 0 Å². The summed E-state index contributed by atoms with van der Waals surface area (Å²) in [4.78, 5) is 28.6. The minimum absolute atomic E-state index is 0.0219. The van der Waals surface area contributed by atoms with Gasteiger partial charge in [0, 0.05) is 31.7 Å². The number of piperazine rings is 1. The molecule has 2 aromatic carbocycles. The Hall–Kier alpha value is -2.82. The zero-order chi connectivity index (χ0) is 19.4. The lowest BCUT2D eigenvalue weighted by Crippen LogP contribution is -2.51. The number of carbonyl (C=O) groups excluding carboxylic acids is 2. The molecule has 142 valence electrons. The van der Waals surface area contributed by atoms with Gasteiger partial charge < -0.3 is 14.5 Å². The predicted molar refractivity (Wildman–Crippen MR) is 105 cm³/mol. The molecular weight excluding hydrogens is 340 g/mol. The number of hydrogen-bond acceptors (Lipinski definition) is 3. The molecular formula is C22H26N2O3. The Morgan fingerprint density at radius 3 is 2.07 bits per heavy atom. The van der Waals surface area contributed by atoms with Crippen LogP contribution in [0.5, 0.6) is 5.75 Å². The van der Waals surface area contributed by atoms with Crippen LogP contribution < -0.4 is 4.74 Å². The van der Waals surface area contributed by atoms with Gasteiger partial charge in [0.2, 0.25) is 0 Å². The van der Waals surface area contributed by atoms with Crippen LogP contribution in [0.25, 0.3) is 0 Å². The van der Waals surface area contributed by atoms with Crippen molar-refractivity contribution in [3.63, 3.8) is 0 Å². The summed E-state index contributed by atoms with van der Waals surface area (Å²) in [5.41, 5.74) is 4.01. The lowest BCUT2D eigenvalue weighted by molar-refractivity contribution is -0.134. The van der Waals surface area contributed by atoms with Gasteiger partial charge in [-0.15, -0.1) is 0 Å². The molecule has 1 fully saturated rings. The Labute approximate surface area is 160 Å². The van der Waals surface area contributed by atoms with Gasteiger partial charge in [-0.25, -0.2) is 0 Å². The van der Waals surface area contributed by atoms with Crippen LogP contribution in [0, 0.1) is 20.8 Å². The van der Waals surface area contributed by atoms with Crippen molar-refractivity contribution in [2.75, 3.05) is 32.8 Å². The first kappa shape index (κ1) is 19.0. The first-order chi connectivity index (χ1) is 12.9. The Bertz CT molecular complexity index is 822. The molecule has 0 N–H and O–H groups in total. The van der Waals surface area contributed by atoms with Gasteiger partial charge in [-0.1, -0.05) is 35.4 Å². The SMILES string of the molecule is Cc1ccc(C(=O)N2CCN(C(=O)COc3ccc(C)cc3C)CC2)cc1. The molecule has 2 aromatic rings. The van der Waals surface area contributed by atoms with Gasteiger partial charge in [-0.05, 0) is 44.5 Å². The Kier molecular flexibility index (Phi) is 5.79. The number of amides is 2. The average molecular weight is 366 g/mol. The van der Waals surface area contributed by atoms with E-state index in [1.807, 2.05) is 63.2 Å². The monoisotopic (exact) mass is 366 g/mol. The number of carbonyl (C=O) groups is 2. The summed E-state index contributed by atoms with van der Waals surface area (Å²) in [5, 5.41) is 0. The summed E-state index contributed by atoms with van der Waals surface area (Å²) in [7, 11) is 0. The molecule has 0 bridgehead atoms. The van der Waals surface area contributed by atoms with Gasteiger partial charge in [0.25, 0.3) is 11.8 Å². The molecule has 1 aliphatic rings. The van der Waals surface area contributed by atoms with Crippen molar-refractivity contribution in [2.45, 2.75) is 20.8 Å². The molecule has 0 unspecified atom stereocenters. The molecule has 0 spiro atoms. The second-order valence-electron chi connectivity index (χ2n) is 7.10. The second kappa shape index (κ2) is 8.25. The number of aryl methyl sites for hydroxylation is 3. The fraction of sp³-hybridized carbons (Fsp3) is 0.364. The molecule has 1 heterocycles. The van der Waals surface area contributed by atoms with E-state index in [1.165, 1.54) is 5.56 Å². The Balaban J connectivity index is 1.50. The van der Waals surface area contributed by atoms with Gasteiger partial charge in [0.15, 0.2) is 6.61 Å². The molecule has 27 heavy (non-hydrogen) atoms. The van der Waals surface area contributed by atoms with E-state index in [0.717, 1.165) is 16.9 Å². The number of rotatable bonds is 4. The first-order valence-electron chi connectivity index (χ1n) is 9.28. The van der Waals surface area contributed by atoms with Crippen molar-refractivity contribution in [2.24, 2.45) is 0 Å². The predicted octanol–water partition coefficient (Wildman–Crippen LogP) is 2.98. The van der Waals surface area contributed by atoms with Crippen LogP contribution in [-0.2, 0) is 4.79 Å². The zero-order valence-electron chi connectivity index (χ0n) is 16.2. The van der Waals surface area contributed by atoms with Gasteiger partial charge in [0.05, 0.1) is 0 Å². The molecule has 0 saturated carbocycles. The third kappa shape index (κ3) is 4.67. The lowest BCUT2D eigenvalue weighted by Gasteiger charge is -2.34. The van der Waals surface area contributed by atoms with Gasteiger partial charge >= 0.3 is 0 Å². The maximum absolute atomic E-state index is 12.6. The fourth-order valence-electron chi connectivity index (χ4n) is 3.23. The quantitative estimate of drug-likeness (QED) is 0.836. The van der Waals surface area contributed by atoms with Gasteiger partial charge in [-0.3, -0.25) is 9.59 Å². The fourth-order valence-corrected chi connectivity index (χ4v) is 3.23. The molecule has 0 aliphatic carbocycles. The summed E-state index contributed by atoms with van der Waals surface area (Å²) in [6.45, 7) is 8.18. The van der Waals surface area contributed by atoms with E-state index in [-0.39, 0.29) is 18.4 Å². The third-order valence-electron chi connectivity index (χ3n) is 4.90. The summed E-state index contributed by atoms with van der Waals surface area (Å²) in [6.07, 6.45) is 0. The van der Waals surface area contributed by atoms with Crippen LogP contribution >= 0.6 is 0 Å². The van der Waals surface area contributed by atoms with E-state index in [0.29, 0.717) is 31.7 Å². The first-order valence-corrected chi connectivity index (χ1v) is 9.28. The molecule has 0 aromatic heterocycles. The summed E-state index contributed by atoms with van der Waals surface area (Å²) < 4.78 is 5.69. The molecule has 1 aliphatic heterocycles. The highest BCUT2D eigenvalue weighted by Crippen LogP contribution is 2.19. The van der Waals surface area contributed by atoms with Gasteiger partial charge in [0.1, 0.15) is 5.75 Å². The number of benzene rings is 2. The van der Waals surface area contributed by atoms with E-state index in [9.17, 15) is 9.59 Å². The highest BCUT2D eigenvalue weighted by molar-refractivity contribution is 5.94. The Morgan fingerprint density at radius 2 is 1.44 bits per heavy atom. The van der Waals surface area contributed by atoms with Crippen molar-refractivity contribution < 1.29 is 14.3 Å². The normalized spacial score (nSPS) is 14.2. The topological polar surface area (TPSA) is 49.9 Å². The number of hydrogen-bond donors (Lipinski definition) is 0. The second-order valence-corrected chi connectivity index (χ2v) is 7.10. The molecule has 0 atom stereocenters. The highest BCUT2D eigenvalue weighted by atomic mass is 16.5. The van der Waals surface area contributed by atoms with E-state index < -0.39 is 0 Å². The van der Waals surface area contributed by atoms with E-state index in [2.05, 4.69) is 0 Å². The average Bonchev–Trinajstić information content (AvgIpc) is 2.67. The molecule has 0 radical (unpaired) electrons. The van der Waals surface area contributed by atoms with Crippen LogP contribution in [-0.4, -0.2) is 54.4 Å². The Morgan fingerprint density at radius 1 is 0.852 bits per heavy atom. The standard InChI is InChI=1S/C22H26N2O3/c1-16-4-7-19(8-5-16)22(26)24-12-10-23(11-13-24)21(25)15-27-20-9-6-17(2)14-18(20)3/h4-9,14H,10-13,15H2,1-3H3. The van der Waals surface area contributed by atoms with E-state index in [1.54, 1.807) is 9.80 Å². The summed E-state index contributed by atoms with van der Waals surface area (Å²) >= 11 is 0. The van der Waals surface area contributed by atoms with Crippen LogP contribution in [0.15, 0.2) is 42.5 Å². The number of nitrogens with zero attached hydrogens (tertiary/aromatic N) is 2. The minimum Gasteiger partial charge on any atom is -0.484 e. The zero-order valence-corrected chi connectivity index (χ0v) is 16.2. The summed E-state index contributed by atoms with van der Waals surface area (Å²) in [5.74, 6) is 0.716. The van der Waals surface area contributed by atoms with Crippen molar-refractivity contribution >= 4 is 11.8 Å². The van der Waals surface area contributed by atoms with Crippen LogP contribution in [0.3, 0.4) is 0 Å². The van der Waals surface area contributed by atoms with Crippen molar-refractivity contribution in [1.82, 2.24) is 9.80 Å². The maximum Gasteiger partial charge on any atom is 0.260 e. The third-order valence-corrected chi connectivity index (χ3v) is 4.90. The van der Waals surface area contributed by atoms with Crippen molar-refractivity contribution in [1.29, 1.82) is 0 Å². The number of ether oxygens (including phenoxy) is 1. The molecule has 1 saturated heterocycles. The lowest BCUT2D eigenvalue weighted by atomic mass is 10.1. The van der Waals surface area contributed by atoms with Crippen molar-refractivity contribution in [3.8, 4) is 5.75 Å². The van der Waals surface area contributed by atoms with Crippen LogP contribution in [0.1, 0.15) is 27.0 Å². The van der Waals surface area contributed by atoms with Crippen molar-refractivity contribution in [3.05, 3.63) is 64.7 Å². The largest absolute Gasteiger partial charge is 0.484 e.